The molecule has 0 amide bonds. The van der Waals surface area contributed by atoms with Gasteiger partial charge in [-0.05, 0) is 35.4 Å². The smallest absolute Gasteiger partial charge is 0.124 e. The third kappa shape index (κ3) is 3.24. The molecule has 2 aromatic carbocycles. The quantitative estimate of drug-likeness (QED) is 0.519. The number of aldehydes is 1. The molecule has 0 atom stereocenters. The molecule has 0 heterocycles. The Morgan fingerprint density at radius 1 is 0.895 bits per heavy atom. The van der Waals surface area contributed by atoms with Crippen molar-refractivity contribution in [3.63, 3.8) is 0 Å². The predicted octanol–water partition coefficient (Wildman–Crippen LogP) is 5.71. The van der Waals surface area contributed by atoms with Gasteiger partial charge < -0.3 is 4.79 Å². The average molecular weight is 334 g/mol. The van der Waals surface area contributed by atoms with Crippen molar-refractivity contribution in [1.29, 1.82) is 0 Å². The van der Waals surface area contributed by atoms with Crippen LogP contribution in [0.15, 0.2) is 30.3 Å². The van der Waals surface area contributed by atoms with E-state index in [1.54, 1.807) is 24.3 Å². The van der Waals surface area contributed by atoms with Crippen LogP contribution >= 0.6 is 46.4 Å². The highest BCUT2D eigenvalue weighted by Gasteiger charge is 2.10. The Balaban J connectivity index is 2.57. The van der Waals surface area contributed by atoms with Crippen molar-refractivity contribution in [3.8, 4) is 11.1 Å². The summed E-state index contributed by atoms with van der Waals surface area (Å²) in [6, 6.07) is 8.78. The second kappa shape index (κ2) is 6.15. The number of carbonyl (C=O) groups excluding carboxylic acids is 1. The molecule has 0 saturated heterocycles. The summed E-state index contributed by atoms with van der Waals surface area (Å²) >= 11 is 24.1. The summed E-state index contributed by atoms with van der Waals surface area (Å²) in [6.45, 7) is 0. The molecule has 0 N–H and O–H groups in total. The average Bonchev–Trinajstić information content (AvgIpc) is 2.38. The summed E-state index contributed by atoms with van der Waals surface area (Å²) in [4.78, 5) is 10.6. The van der Waals surface area contributed by atoms with Gasteiger partial charge in [-0.3, -0.25) is 0 Å². The standard InChI is InChI=1S/C14H8Cl4O/c15-11-2-1-8(3-4-19)5-10(11)9-6-12(16)14(18)13(17)7-9/h1-2,4-7H,3H2. The first-order chi connectivity index (χ1) is 9.02. The molecule has 0 saturated carbocycles. The number of hydrogen-bond acceptors (Lipinski definition) is 1. The van der Waals surface area contributed by atoms with Crippen molar-refractivity contribution in [2.45, 2.75) is 6.42 Å². The number of halogens is 4. The van der Waals surface area contributed by atoms with Crippen LogP contribution in [-0.2, 0) is 11.2 Å². The van der Waals surface area contributed by atoms with Gasteiger partial charge >= 0.3 is 0 Å². The van der Waals surface area contributed by atoms with Crippen LogP contribution in [-0.4, -0.2) is 6.29 Å². The molecule has 1 nitrogen and oxygen atoms in total. The zero-order valence-electron chi connectivity index (χ0n) is 9.59. The summed E-state index contributed by atoms with van der Waals surface area (Å²) < 4.78 is 0. The molecular weight excluding hydrogens is 326 g/mol. The fourth-order valence-electron chi connectivity index (χ4n) is 1.73. The van der Waals surface area contributed by atoms with Crippen molar-refractivity contribution in [3.05, 3.63) is 56.0 Å². The first-order valence-corrected chi connectivity index (χ1v) is 6.91. The first-order valence-electron chi connectivity index (χ1n) is 5.40. The van der Waals surface area contributed by atoms with Gasteiger partial charge in [-0.15, -0.1) is 0 Å². The summed E-state index contributed by atoms with van der Waals surface area (Å²) in [6.07, 6.45) is 1.17. The van der Waals surface area contributed by atoms with Crippen molar-refractivity contribution in [2.75, 3.05) is 0 Å². The maximum atomic E-state index is 10.6. The lowest BCUT2D eigenvalue weighted by Crippen LogP contribution is -1.88. The molecule has 0 spiro atoms. The lowest BCUT2D eigenvalue weighted by molar-refractivity contribution is -0.107. The molecule has 0 aliphatic rings. The Hall–Kier alpha value is -0.730. The maximum Gasteiger partial charge on any atom is 0.124 e. The fourth-order valence-corrected chi connectivity index (χ4v) is 2.55. The SMILES string of the molecule is O=CCc1ccc(Cl)c(-c2cc(Cl)c(Cl)c(Cl)c2)c1. The summed E-state index contributed by atoms with van der Waals surface area (Å²) in [5.41, 5.74) is 2.40. The highest BCUT2D eigenvalue weighted by atomic mass is 35.5. The molecule has 0 radical (unpaired) electrons. The van der Waals surface area contributed by atoms with Crippen LogP contribution in [0.2, 0.25) is 20.1 Å². The molecule has 19 heavy (non-hydrogen) atoms. The maximum absolute atomic E-state index is 10.6. The first kappa shape index (κ1) is 14.7. The van der Waals surface area contributed by atoms with Gasteiger partial charge in [-0.25, -0.2) is 0 Å². The molecule has 0 bridgehead atoms. The van der Waals surface area contributed by atoms with Gasteiger partial charge in [0.05, 0.1) is 15.1 Å². The second-order valence-electron chi connectivity index (χ2n) is 3.94. The normalized spacial score (nSPS) is 10.5. The molecule has 98 valence electrons. The van der Waals surface area contributed by atoms with Gasteiger partial charge in [-0.2, -0.15) is 0 Å². The minimum absolute atomic E-state index is 0.312. The van der Waals surface area contributed by atoms with Crippen molar-refractivity contribution in [1.82, 2.24) is 0 Å². The van der Waals surface area contributed by atoms with Gasteiger partial charge in [0.25, 0.3) is 0 Å². The topological polar surface area (TPSA) is 17.1 Å². The molecule has 0 aliphatic carbocycles. The third-order valence-corrected chi connectivity index (χ3v) is 4.17. The van der Waals surface area contributed by atoms with Crippen LogP contribution in [0.25, 0.3) is 11.1 Å². The number of benzene rings is 2. The Labute approximate surface area is 131 Å². The highest BCUT2D eigenvalue weighted by molar-refractivity contribution is 6.48. The van der Waals surface area contributed by atoms with Crippen molar-refractivity contribution >= 4 is 52.7 Å². The van der Waals surface area contributed by atoms with E-state index >= 15 is 0 Å². The van der Waals surface area contributed by atoms with E-state index in [4.69, 9.17) is 46.4 Å². The van der Waals surface area contributed by atoms with Crippen LogP contribution in [0.1, 0.15) is 5.56 Å². The van der Waals surface area contributed by atoms with Crippen LogP contribution in [0.5, 0.6) is 0 Å². The van der Waals surface area contributed by atoms with Crippen LogP contribution in [0, 0.1) is 0 Å². The van der Waals surface area contributed by atoms with Gasteiger partial charge in [0.15, 0.2) is 0 Å². The third-order valence-electron chi connectivity index (χ3n) is 2.64. The number of rotatable bonds is 3. The fraction of sp³-hybridized carbons (Fsp3) is 0.0714. The molecule has 2 aromatic rings. The molecule has 0 aliphatic heterocycles. The largest absolute Gasteiger partial charge is 0.303 e. The van der Waals surface area contributed by atoms with E-state index in [1.165, 1.54) is 0 Å². The summed E-state index contributed by atoms with van der Waals surface area (Å²) in [5.74, 6) is 0. The zero-order valence-corrected chi connectivity index (χ0v) is 12.6. The number of hydrogen-bond donors (Lipinski definition) is 0. The van der Waals surface area contributed by atoms with E-state index in [0.717, 1.165) is 23.0 Å². The second-order valence-corrected chi connectivity index (χ2v) is 5.54. The van der Waals surface area contributed by atoms with Crippen molar-refractivity contribution in [2.24, 2.45) is 0 Å². The summed E-state index contributed by atoms with van der Waals surface area (Å²) in [5, 5.41) is 1.60. The Morgan fingerprint density at radius 2 is 1.53 bits per heavy atom. The predicted molar refractivity (Wildman–Crippen MR) is 81.7 cm³/mol. The highest BCUT2D eigenvalue weighted by Crippen LogP contribution is 2.37. The molecule has 5 heteroatoms. The van der Waals surface area contributed by atoms with Crippen molar-refractivity contribution < 1.29 is 4.79 Å². The monoisotopic (exact) mass is 332 g/mol. The van der Waals surface area contributed by atoms with Gasteiger partial charge in [0, 0.05) is 17.0 Å². The van der Waals surface area contributed by atoms with Gasteiger partial charge in [-0.1, -0.05) is 52.5 Å². The Morgan fingerprint density at radius 3 is 2.11 bits per heavy atom. The van der Waals surface area contributed by atoms with E-state index in [-0.39, 0.29) is 0 Å². The summed E-state index contributed by atoms with van der Waals surface area (Å²) in [7, 11) is 0. The lowest BCUT2D eigenvalue weighted by atomic mass is 10.0. The minimum Gasteiger partial charge on any atom is -0.303 e. The number of carbonyl (C=O) groups is 1. The van der Waals surface area contributed by atoms with E-state index in [0.29, 0.717) is 26.5 Å². The van der Waals surface area contributed by atoms with E-state index in [2.05, 4.69) is 0 Å². The molecule has 2 rings (SSSR count). The van der Waals surface area contributed by atoms with E-state index in [9.17, 15) is 4.79 Å². The zero-order chi connectivity index (χ0) is 14.0. The molecule has 0 unspecified atom stereocenters. The Bertz CT molecular complexity index is 614. The Kier molecular flexibility index (Phi) is 4.75. The van der Waals surface area contributed by atoms with Gasteiger partial charge in [0.2, 0.25) is 0 Å². The van der Waals surface area contributed by atoms with Gasteiger partial charge in [0.1, 0.15) is 6.29 Å². The van der Waals surface area contributed by atoms with Crippen LogP contribution in [0.3, 0.4) is 0 Å². The molecule has 0 aromatic heterocycles. The molecule has 0 fully saturated rings. The van der Waals surface area contributed by atoms with Crippen LogP contribution in [0.4, 0.5) is 0 Å². The lowest BCUT2D eigenvalue weighted by Gasteiger charge is -2.09. The van der Waals surface area contributed by atoms with Crippen LogP contribution < -0.4 is 0 Å². The van der Waals surface area contributed by atoms with E-state index in [1.807, 2.05) is 6.07 Å². The minimum atomic E-state index is 0.312. The van der Waals surface area contributed by atoms with E-state index < -0.39 is 0 Å². The molecular formula is C14H8Cl4O.